The van der Waals surface area contributed by atoms with Crippen LogP contribution in [0.2, 0.25) is 0 Å². The molecule has 0 heterocycles. The summed E-state index contributed by atoms with van der Waals surface area (Å²) in [5.74, 6) is -6.39. The van der Waals surface area contributed by atoms with Crippen molar-refractivity contribution in [2.24, 2.45) is 11.3 Å². The van der Waals surface area contributed by atoms with Gasteiger partial charge in [-0.15, -0.1) is 0 Å². The van der Waals surface area contributed by atoms with E-state index in [1.54, 1.807) is 18.2 Å². The van der Waals surface area contributed by atoms with Crippen LogP contribution >= 0.6 is 0 Å². The third-order valence-electron chi connectivity index (χ3n) is 9.73. The van der Waals surface area contributed by atoms with Gasteiger partial charge in [-0.05, 0) is 80.7 Å². The fourth-order valence-electron chi connectivity index (χ4n) is 6.33. The molecule has 1 saturated carbocycles. The molecule has 1 aliphatic rings. The highest BCUT2D eigenvalue weighted by Gasteiger charge is 2.39. The maximum Gasteiger partial charge on any atom is 0.417 e. The summed E-state index contributed by atoms with van der Waals surface area (Å²) in [6.07, 6.45) is 9.17. The Hall–Kier alpha value is -5.53. The van der Waals surface area contributed by atoms with Gasteiger partial charge in [-0.2, -0.15) is 0 Å². The van der Waals surface area contributed by atoms with E-state index in [0.717, 1.165) is 45.5 Å². The van der Waals surface area contributed by atoms with Gasteiger partial charge in [0.2, 0.25) is 0 Å². The highest BCUT2D eigenvalue weighted by molar-refractivity contribution is 6.30. The highest BCUT2D eigenvalue weighted by Crippen LogP contribution is 2.40. The molecule has 0 N–H and O–H groups in total. The number of benzene rings is 2. The quantitative estimate of drug-likeness (QED) is 0.0475. The van der Waals surface area contributed by atoms with Crippen LogP contribution in [0.3, 0.4) is 0 Å². The topological polar surface area (TPSA) is 167 Å². The van der Waals surface area contributed by atoms with E-state index in [4.69, 9.17) is 23.7 Å². The summed E-state index contributed by atoms with van der Waals surface area (Å²) in [5.41, 5.74) is 0.402. The van der Waals surface area contributed by atoms with Crippen molar-refractivity contribution in [3.63, 3.8) is 0 Å². The van der Waals surface area contributed by atoms with Crippen molar-refractivity contribution >= 4 is 35.8 Å². The summed E-state index contributed by atoms with van der Waals surface area (Å²) in [7, 11) is 1.92. The zero-order valence-corrected chi connectivity index (χ0v) is 33.4. The molecule has 310 valence electrons. The average Bonchev–Trinajstić information content (AvgIpc) is 3.21. The first-order chi connectivity index (χ1) is 27.1. The van der Waals surface area contributed by atoms with Crippen molar-refractivity contribution in [1.29, 1.82) is 0 Å². The van der Waals surface area contributed by atoms with Crippen molar-refractivity contribution in [2.45, 2.75) is 84.7 Å². The molecule has 0 atom stereocenters. The number of esters is 6. The van der Waals surface area contributed by atoms with E-state index in [2.05, 4.69) is 29.6 Å². The first-order valence-corrected chi connectivity index (χ1v) is 18.8. The van der Waals surface area contributed by atoms with Crippen molar-refractivity contribution < 1.29 is 66.3 Å². The summed E-state index contributed by atoms with van der Waals surface area (Å²) in [6, 6.07) is 9.80. The molecule has 2 aromatic carbocycles. The number of ether oxygens (including phenoxy) is 7. The molecular weight excluding hydrogens is 743 g/mol. The molecule has 1 aliphatic carbocycles. The molecule has 13 nitrogen and oxygen atoms in total. The van der Waals surface area contributed by atoms with Crippen molar-refractivity contribution in [3.8, 4) is 16.9 Å². The van der Waals surface area contributed by atoms with Gasteiger partial charge >= 0.3 is 35.8 Å². The number of rotatable bonds is 19. The normalized spacial score (nSPS) is 15.1. The average molecular weight is 797 g/mol. The highest BCUT2D eigenvalue weighted by atomic mass is 19.1. The van der Waals surface area contributed by atoms with Gasteiger partial charge in [0.05, 0.1) is 14.2 Å². The minimum atomic E-state index is -1.74. The van der Waals surface area contributed by atoms with Crippen LogP contribution in [0.25, 0.3) is 11.1 Å². The predicted molar refractivity (Wildman–Crippen MR) is 205 cm³/mol. The molecule has 1 fully saturated rings. The van der Waals surface area contributed by atoms with Gasteiger partial charge in [0.1, 0.15) is 50.0 Å². The number of methoxy groups -OCH3 is 2. The van der Waals surface area contributed by atoms with Gasteiger partial charge in [0.25, 0.3) is 0 Å². The zero-order valence-electron chi connectivity index (χ0n) is 33.4. The molecule has 0 amide bonds. The van der Waals surface area contributed by atoms with Gasteiger partial charge in [0, 0.05) is 22.3 Å². The van der Waals surface area contributed by atoms with E-state index < -0.39 is 73.5 Å². The maximum atomic E-state index is 16.0. The molecule has 57 heavy (non-hydrogen) atoms. The van der Waals surface area contributed by atoms with Gasteiger partial charge in [-0.3, -0.25) is 0 Å². The Kier molecular flexibility index (Phi) is 17.9. The van der Waals surface area contributed by atoms with Crippen molar-refractivity contribution in [1.82, 2.24) is 0 Å². The second-order valence-electron chi connectivity index (χ2n) is 14.4. The predicted octanol–water partition coefficient (Wildman–Crippen LogP) is 6.88. The Balaban J connectivity index is 1.96. The Morgan fingerprint density at radius 1 is 0.684 bits per heavy atom. The molecule has 0 aliphatic heterocycles. The van der Waals surface area contributed by atoms with E-state index in [1.807, 2.05) is 6.07 Å². The monoisotopic (exact) mass is 796 g/mol. The van der Waals surface area contributed by atoms with Crippen LogP contribution in [-0.4, -0.2) is 76.5 Å². The lowest BCUT2D eigenvalue weighted by Gasteiger charge is -2.31. The van der Waals surface area contributed by atoms with Crippen LogP contribution in [0, 0.1) is 17.2 Å². The lowest BCUT2D eigenvalue weighted by Crippen LogP contribution is -2.45. The molecular formula is C43H53FO13. The number of hydrogen-bond acceptors (Lipinski definition) is 13. The fraction of sp³-hybridized carbons (Fsp3) is 0.488. The molecule has 3 rings (SSSR count). The Morgan fingerprint density at radius 2 is 1.23 bits per heavy atom. The third-order valence-corrected chi connectivity index (χ3v) is 9.73. The number of carbonyl (C=O) groups excluding carboxylic acids is 6. The van der Waals surface area contributed by atoms with E-state index in [-0.39, 0.29) is 35.0 Å². The van der Waals surface area contributed by atoms with Crippen LogP contribution in [0.1, 0.15) is 89.2 Å². The van der Waals surface area contributed by atoms with E-state index >= 15 is 4.39 Å². The van der Waals surface area contributed by atoms with E-state index in [1.165, 1.54) is 51.7 Å². The minimum Gasteiger partial charge on any atom is -0.493 e. The lowest BCUT2D eigenvalue weighted by molar-refractivity contribution is -0.177. The number of unbranched alkanes of at least 4 members (excludes halogenated alkanes) is 2. The van der Waals surface area contributed by atoms with E-state index in [0.29, 0.717) is 17.0 Å². The molecule has 0 unspecified atom stereocenters. The summed E-state index contributed by atoms with van der Waals surface area (Å²) in [5, 5.41) is 0. The maximum absolute atomic E-state index is 16.0. The minimum absolute atomic E-state index is 0.0120. The molecule has 0 saturated heterocycles. The van der Waals surface area contributed by atoms with Gasteiger partial charge in [-0.25, -0.2) is 33.2 Å². The summed E-state index contributed by atoms with van der Waals surface area (Å²) >= 11 is 0. The SMILES string of the molecule is C=C(C)C(=O)OCc1cc(OCC(COC(=O)C(=C)C)(COC(=O)C(=O)OC)COC(=O)C(=O)OC)ccc1-c1ccc(C2CCC(CCCCC)CC2)cc1F. The Labute approximate surface area is 332 Å². The molecule has 0 bridgehead atoms. The van der Waals surface area contributed by atoms with Gasteiger partial charge in [-0.1, -0.05) is 64.0 Å². The first-order valence-electron chi connectivity index (χ1n) is 18.8. The summed E-state index contributed by atoms with van der Waals surface area (Å²) in [4.78, 5) is 73.1. The lowest BCUT2D eigenvalue weighted by atomic mass is 9.77. The van der Waals surface area contributed by atoms with Crippen LogP contribution in [0.15, 0.2) is 60.7 Å². The molecule has 14 heteroatoms. The fourth-order valence-corrected chi connectivity index (χ4v) is 6.33. The van der Waals surface area contributed by atoms with Crippen LogP contribution in [0.4, 0.5) is 4.39 Å². The molecule has 2 aromatic rings. The largest absolute Gasteiger partial charge is 0.493 e. The standard InChI is InChI=1S/C43H53FO13/c1-8-9-10-11-29-12-14-30(15-13-29)31-16-18-35(36(44)21-31)34-19-17-33(20-32(34)22-53-37(45)27(2)3)54-23-43(24-55-38(46)28(4)5,25-56-41(49)39(47)51-6)26-57-42(50)40(48)52-7/h16-21,29-30H,2,4,8-15,22-26H2,1,3,5-7H3. The summed E-state index contributed by atoms with van der Waals surface area (Å²) < 4.78 is 51.9. The van der Waals surface area contributed by atoms with Crippen molar-refractivity contribution in [2.75, 3.05) is 40.6 Å². The second-order valence-corrected chi connectivity index (χ2v) is 14.4. The first kappa shape index (κ1) is 45.9. The van der Waals surface area contributed by atoms with Crippen LogP contribution in [-0.2, 0) is 63.8 Å². The molecule has 0 radical (unpaired) electrons. The van der Waals surface area contributed by atoms with Crippen LogP contribution < -0.4 is 4.74 Å². The second kappa shape index (κ2) is 22.3. The zero-order chi connectivity index (χ0) is 42.1. The Bertz CT molecular complexity index is 1760. The molecule has 0 aromatic heterocycles. The van der Waals surface area contributed by atoms with Crippen molar-refractivity contribution in [3.05, 3.63) is 77.6 Å². The molecule has 0 spiro atoms. The van der Waals surface area contributed by atoms with E-state index in [9.17, 15) is 28.8 Å². The van der Waals surface area contributed by atoms with Crippen LogP contribution in [0.5, 0.6) is 5.75 Å². The summed E-state index contributed by atoms with van der Waals surface area (Å²) in [6.45, 7) is 9.30. The van der Waals surface area contributed by atoms with Gasteiger partial charge < -0.3 is 33.2 Å². The van der Waals surface area contributed by atoms with Gasteiger partial charge in [0.15, 0.2) is 0 Å². The third kappa shape index (κ3) is 13.9. The number of carbonyl (C=O) groups is 6. The smallest absolute Gasteiger partial charge is 0.417 e. The number of halogens is 1. The Morgan fingerprint density at radius 3 is 1.75 bits per heavy atom. The number of hydrogen-bond donors (Lipinski definition) is 0.